The minimum Gasteiger partial charge on any atom is -0.309 e. The van der Waals surface area contributed by atoms with Crippen molar-refractivity contribution in [2.24, 2.45) is 0 Å². The van der Waals surface area contributed by atoms with E-state index in [1.54, 1.807) is 12.4 Å². The van der Waals surface area contributed by atoms with Crippen molar-refractivity contribution in [2.45, 2.75) is 0 Å². The van der Waals surface area contributed by atoms with Crippen molar-refractivity contribution < 1.29 is 0 Å². The van der Waals surface area contributed by atoms with Crippen molar-refractivity contribution in [3.63, 3.8) is 0 Å². The normalized spacial score (nSPS) is 11.7. The first-order valence-corrected chi connectivity index (χ1v) is 26.6. The van der Waals surface area contributed by atoms with Gasteiger partial charge in [-0.25, -0.2) is 9.97 Å². The smallest absolute Gasteiger partial charge is 0.161 e. The summed E-state index contributed by atoms with van der Waals surface area (Å²) in [6.45, 7) is 0. The van der Waals surface area contributed by atoms with Crippen LogP contribution in [0.2, 0.25) is 0 Å². The SMILES string of the molecule is N#Cc1cccc(-c2cc(-c3cccc(C#N)c3-n3c4ccccc4c4c5c6ccccc6n(-c6ccccc6)c5ccc43)nc(-c3cccnc3)n2)c1-n1c2ccccc2c2c3c4ccccc4n(-c4ccccc4)c3ccc21. The Morgan fingerprint density at radius 2 is 0.700 bits per heavy atom. The highest BCUT2D eigenvalue weighted by Crippen LogP contribution is 2.47. The predicted octanol–water partition coefficient (Wildman–Crippen LogP) is 17.0. The van der Waals surface area contributed by atoms with Crippen molar-refractivity contribution in [1.82, 2.24) is 33.2 Å². The number of para-hydroxylation sites is 8. The summed E-state index contributed by atoms with van der Waals surface area (Å²) in [5, 5.41) is 31.4. The highest BCUT2D eigenvalue weighted by atomic mass is 15.0. The first-order valence-electron chi connectivity index (χ1n) is 26.6. The third-order valence-electron chi connectivity index (χ3n) is 15.9. The van der Waals surface area contributed by atoms with Crippen molar-refractivity contribution in [1.29, 1.82) is 10.5 Å². The molecule has 0 fully saturated rings. The summed E-state index contributed by atoms with van der Waals surface area (Å²) >= 11 is 0. The number of nitriles is 2. The van der Waals surface area contributed by atoms with Crippen LogP contribution in [0.5, 0.6) is 0 Å². The molecule has 0 aliphatic heterocycles. The zero-order valence-corrected chi connectivity index (χ0v) is 42.7. The molecule has 0 spiro atoms. The van der Waals surface area contributed by atoms with E-state index in [0.717, 1.165) is 115 Å². The molecule has 16 aromatic rings. The lowest BCUT2D eigenvalue weighted by molar-refractivity contribution is 1.13. The summed E-state index contributed by atoms with van der Waals surface area (Å²) in [7, 11) is 0. The highest BCUT2D eigenvalue weighted by molar-refractivity contribution is 6.30. The van der Waals surface area contributed by atoms with E-state index in [1.807, 2.05) is 66.7 Å². The second-order valence-corrected chi connectivity index (χ2v) is 20.1. The van der Waals surface area contributed by atoms with Crippen LogP contribution in [0.25, 0.3) is 144 Å². The predicted molar refractivity (Wildman–Crippen MR) is 323 cm³/mol. The van der Waals surface area contributed by atoms with Crippen LogP contribution in [-0.4, -0.2) is 33.2 Å². The van der Waals surface area contributed by atoms with Crippen LogP contribution >= 0.6 is 0 Å². The fourth-order valence-electron chi connectivity index (χ4n) is 12.7. The van der Waals surface area contributed by atoms with Gasteiger partial charge in [0.25, 0.3) is 0 Å². The Bertz CT molecular complexity index is 5010. The molecular formula is C71H41N9. The van der Waals surface area contributed by atoms with E-state index < -0.39 is 0 Å². The lowest BCUT2D eigenvalue weighted by Gasteiger charge is -2.18. The molecule has 370 valence electrons. The molecular weight excluding hydrogens is 979 g/mol. The molecule has 9 heteroatoms. The molecule has 10 aromatic carbocycles. The van der Waals surface area contributed by atoms with E-state index in [9.17, 15) is 10.5 Å². The number of fused-ring (bicyclic) bond motifs is 14. The summed E-state index contributed by atoms with van der Waals surface area (Å²) in [6, 6.07) is 86.7. The fourth-order valence-corrected chi connectivity index (χ4v) is 12.7. The van der Waals surface area contributed by atoms with Crippen LogP contribution in [0, 0.1) is 22.7 Å². The minimum absolute atomic E-state index is 0.447. The number of aromatic nitrogens is 7. The highest BCUT2D eigenvalue weighted by Gasteiger charge is 2.27. The number of benzene rings is 10. The van der Waals surface area contributed by atoms with Gasteiger partial charge in [0, 0.05) is 83.5 Å². The van der Waals surface area contributed by atoms with Gasteiger partial charge in [-0.1, -0.05) is 133 Å². The summed E-state index contributed by atoms with van der Waals surface area (Å²) in [5.74, 6) is 0.447. The van der Waals surface area contributed by atoms with Crippen LogP contribution in [0.4, 0.5) is 0 Å². The van der Waals surface area contributed by atoms with E-state index in [0.29, 0.717) is 39.7 Å². The number of hydrogen-bond donors (Lipinski definition) is 0. The second kappa shape index (κ2) is 17.6. The number of pyridine rings is 1. The third-order valence-corrected chi connectivity index (χ3v) is 15.9. The summed E-state index contributed by atoms with van der Waals surface area (Å²) in [5.41, 5.74) is 16.1. The first kappa shape index (κ1) is 44.9. The molecule has 0 aliphatic carbocycles. The Morgan fingerprint density at radius 3 is 1.09 bits per heavy atom. The molecule has 0 bridgehead atoms. The van der Waals surface area contributed by atoms with Crippen LogP contribution in [0.3, 0.4) is 0 Å². The van der Waals surface area contributed by atoms with Crippen molar-refractivity contribution in [3.05, 3.63) is 260 Å². The van der Waals surface area contributed by atoms with Gasteiger partial charge in [0.2, 0.25) is 0 Å². The van der Waals surface area contributed by atoms with Gasteiger partial charge in [0.15, 0.2) is 5.82 Å². The molecule has 80 heavy (non-hydrogen) atoms. The number of rotatable bonds is 7. The fraction of sp³-hybridized carbons (Fsp3) is 0. The summed E-state index contributed by atoms with van der Waals surface area (Å²) < 4.78 is 9.17. The van der Waals surface area contributed by atoms with E-state index in [2.05, 4.69) is 205 Å². The van der Waals surface area contributed by atoms with Crippen LogP contribution in [-0.2, 0) is 0 Å². The minimum atomic E-state index is 0.447. The average Bonchev–Trinajstić information content (AvgIpc) is 4.38. The molecule has 0 aliphatic rings. The summed E-state index contributed by atoms with van der Waals surface area (Å²) in [4.78, 5) is 15.3. The lowest BCUT2D eigenvalue weighted by atomic mass is 9.99. The molecule has 9 nitrogen and oxygen atoms in total. The van der Waals surface area contributed by atoms with E-state index in [-0.39, 0.29) is 0 Å². The zero-order chi connectivity index (χ0) is 53.0. The molecule has 0 atom stereocenters. The van der Waals surface area contributed by atoms with E-state index >= 15 is 0 Å². The van der Waals surface area contributed by atoms with Gasteiger partial charge in [-0.2, -0.15) is 10.5 Å². The van der Waals surface area contributed by atoms with Crippen molar-refractivity contribution in [2.75, 3.05) is 0 Å². The Labute approximate surface area is 457 Å². The van der Waals surface area contributed by atoms with Crippen LogP contribution in [0.1, 0.15) is 11.1 Å². The van der Waals surface area contributed by atoms with Crippen LogP contribution in [0.15, 0.2) is 249 Å². The molecule has 0 N–H and O–H groups in total. The van der Waals surface area contributed by atoms with Crippen molar-refractivity contribution >= 4 is 87.2 Å². The average molecular weight is 1020 g/mol. The monoisotopic (exact) mass is 1020 g/mol. The molecule has 6 heterocycles. The molecule has 0 saturated heterocycles. The molecule has 6 aromatic heterocycles. The van der Waals surface area contributed by atoms with Gasteiger partial charge in [-0.15, -0.1) is 0 Å². The molecule has 0 amide bonds. The topological polar surface area (TPSA) is 106 Å². The standard InChI is InChI=1S/C71H41N9/c72-41-44-18-15-29-49(69(44)79-59-33-13-9-27-53(59)67-63(79)37-35-61-65(67)51-25-7-11-31-57(51)77(61)47-21-3-1-4-22-47)55-40-56(76-71(75-55)46-20-17-39-74-43-46)50-30-16-19-45(42-73)70(50)80-60-34-14-10-28-54(60)68-64(80)38-36-62-66(68)52-26-8-12-32-58(52)78(62)48-23-5-2-6-24-48/h1-40,43H. The molecule has 0 unspecified atom stereocenters. The second-order valence-electron chi connectivity index (χ2n) is 20.1. The maximum atomic E-state index is 11.3. The maximum Gasteiger partial charge on any atom is 0.161 e. The van der Waals surface area contributed by atoms with Gasteiger partial charge >= 0.3 is 0 Å². The summed E-state index contributed by atoms with van der Waals surface area (Å²) in [6.07, 6.45) is 3.51. The largest absolute Gasteiger partial charge is 0.309 e. The van der Waals surface area contributed by atoms with E-state index in [1.165, 1.54) is 0 Å². The van der Waals surface area contributed by atoms with Gasteiger partial charge in [-0.05, 0) is 103 Å². The molecule has 0 radical (unpaired) electrons. The van der Waals surface area contributed by atoms with Crippen LogP contribution < -0.4 is 0 Å². The van der Waals surface area contributed by atoms with Gasteiger partial charge < -0.3 is 18.3 Å². The lowest BCUT2D eigenvalue weighted by Crippen LogP contribution is -2.05. The Kier molecular flexibility index (Phi) is 9.86. The number of nitrogens with zero attached hydrogens (tertiary/aromatic N) is 9. The quantitative estimate of drug-likeness (QED) is 0.158. The maximum absolute atomic E-state index is 11.3. The zero-order valence-electron chi connectivity index (χ0n) is 42.7. The van der Waals surface area contributed by atoms with Crippen molar-refractivity contribution in [3.8, 4) is 68.8 Å². The Balaban J connectivity index is 0.974. The number of hydrogen-bond acceptors (Lipinski definition) is 5. The van der Waals surface area contributed by atoms with Gasteiger partial charge in [0.05, 0.1) is 78.0 Å². The molecule has 0 saturated carbocycles. The molecule has 16 rings (SSSR count). The Morgan fingerprint density at radius 1 is 0.325 bits per heavy atom. The van der Waals surface area contributed by atoms with E-state index in [4.69, 9.17) is 9.97 Å². The first-order chi connectivity index (χ1) is 39.7. The third kappa shape index (κ3) is 6.46. The van der Waals surface area contributed by atoms with Gasteiger partial charge in [-0.3, -0.25) is 4.98 Å². The Hall–Kier alpha value is -11.4. The van der Waals surface area contributed by atoms with Gasteiger partial charge in [0.1, 0.15) is 12.1 Å².